The van der Waals surface area contributed by atoms with Gasteiger partial charge in [-0.15, -0.1) is 0 Å². The van der Waals surface area contributed by atoms with Crippen LogP contribution in [0.3, 0.4) is 0 Å². The summed E-state index contributed by atoms with van der Waals surface area (Å²) in [5, 5.41) is 6.33. The smallest absolute Gasteiger partial charge is 0.329 e. The van der Waals surface area contributed by atoms with Gasteiger partial charge in [0.2, 0.25) is 0 Å². The molecule has 0 spiro atoms. The van der Waals surface area contributed by atoms with Gasteiger partial charge in [-0.25, -0.2) is 5.43 Å². The van der Waals surface area contributed by atoms with Crippen LogP contribution in [0.15, 0.2) is 47.6 Å². The normalized spacial score (nSPS) is 10.5. The second-order valence-corrected chi connectivity index (χ2v) is 5.27. The Labute approximate surface area is 140 Å². The van der Waals surface area contributed by atoms with Gasteiger partial charge in [-0.2, -0.15) is 5.10 Å². The lowest BCUT2D eigenvalue weighted by Gasteiger charge is -2.06. The third-order valence-corrected chi connectivity index (χ3v) is 3.19. The Balaban J connectivity index is 1.96. The number of anilines is 1. The zero-order valence-electron chi connectivity index (χ0n) is 13.8. The quantitative estimate of drug-likeness (QED) is 0.515. The van der Waals surface area contributed by atoms with Crippen molar-refractivity contribution < 1.29 is 14.3 Å². The number of amides is 2. The van der Waals surface area contributed by atoms with Crippen molar-refractivity contribution in [3.05, 3.63) is 59.2 Å². The number of hydrogen-bond acceptors (Lipinski definition) is 4. The highest BCUT2D eigenvalue weighted by molar-refractivity contribution is 6.39. The number of hydrogen-bond donors (Lipinski definition) is 2. The molecule has 0 unspecified atom stereocenters. The van der Waals surface area contributed by atoms with Crippen LogP contribution in [0.25, 0.3) is 0 Å². The zero-order valence-corrected chi connectivity index (χ0v) is 13.8. The third-order valence-electron chi connectivity index (χ3n) is 3.19. The molecule has 124 valence electrons. The van der Waals surface area contributed by atoms with Crippen molar-refractivity contribution in [2.24, 2.45) is 5.10 Å². The second kappa shape index (κ2) is 7.92. The Kier molecular flexibility index (Phi) is 5.68. The Morgan fingerprint density at radius 1 is 1.04 bits per heavy atom. The Morgan fingerprint density at radius 2 is 1.71 bits per heavy atom. The first-order valence-corrected chi connectivity index (χ1v) is 7.35. The summed E-state index contributed by atoms with van der Waals surface area (Å²) in [6.45, 7) is 3.83. The molecule has 2 aromatic rings. The van der Waals surface area contributed by atoms with E-state index in [1.807, 2.05) is 32.0 Å². The molecular formula is C18H19N3O3. The van der Waals surface area contributed by atoms with E-state index in [9.17, 15) is 9.59 Å². The predicted octanol–water partition coefficient (Wildman–Crippen LogP) is 2.40. The lowest BCUT2D eigenvalue weighted by atomic mass is 10.1. The summed E-state index contributed by atoms with van der Waals surface area (Å²) in [4.78, 5) is 23.7. The summed E-state index contributed by atoms with van der Waals surface area (Å²) < 4.78 is 5.17. The maximum Gasteiger partial charge on any atom is 0.329 e. The molecule has 0 aromatic heterocycles. The van der Waals surface area contributed by atoms with E-state index in [0.717, 1.165) is 11.1 Å². The van der Waals surface area contributed by atoms with Crippen LogP contribution in [0.1, 0.15) is 16.7 Å². The third kappa shape index (κ3) is 4.67. The van der Waals surface area contributed by atoms with Crippen molar-refractivity contribution in [3.63, 3.8) is 0 Å². The van der Waals surface area contributed by atoms with Gasteiger partial charge in [-0.1, -0.05) is 18.2 Å². The fourth-order valence-electron chi connectivity index (χ4n) is 2.22. The highest BCUT2D eigenvalue weighted by atomic mass is 16.5. The van der Waals surface area contributed by atoms with Crippen molar-refractivity contribution >= 4 is 23.7 Å². The fourth-order valence-corrected chi connectivity index (χ4v) is 2.22. The average molecular weight is 325 g/mol. The molecule has 2 rings (SSSR count). The van der Waals surface area contributed by atoms with Crippen molar-refractivity contribution in [1.82, 2.24) is 5.43 Å². The van der Waals surface area contributed by atoms with Gasteiger partial charge in [0.1, 0.15) is 5.75 Å². The van der Waals surface area contributed by atoms with Crippen LogP contribution in [0.2, 0.25) is 0 Å². The Morgan fingerprint density at radius 3 is 2.38 bits per heavy atom. The van der Waals surface area contributed by atoms with Crippen molar-refractivity contribution in [2.45, 2.75) is 13.8 Å². The van der Waals surface area contributed by atoms with E-state index < -0.39 is 11.8 Å². The minimum atomic E-state index is -0.847. The molecule has 6 heteroatoms. The number of para-hydroxylation sites is 1. The Hall–Kier alpha value is -3.15. The summed E-state index contributed by atoms with van der Waals surface area (Å²) >= 11 is 0. The number of nitrogens with one attached hydrogen (secondary N) is 2. The number of nitrogens with zero attached hydrogens (tertiary/aromatic N) is 1. The summed E-state index contributed by atoms with van der Waals surface area (Å²) in [6, 6.07) is 12.8. The van der Waals surface area contributed by atoms with E-state index in [0.29, 0.717) is 17.0 Å². The van der Waals surface area contributed by atoms with E-state index in [2.05, 4.69) is 15.8 Å². The molecule has 0 aliphatic heterocycles. The van der Waals surface area contributed by atoms with Gasteiger partial charge in [0.05, 0.1) is 13.3 Å². The maximum absolute atomic E-state index is 11.9. The Bertz CT molecular complexity index is 765. The largest absolute Gasteiger partial charge is 0.496 e. The minimum Gasteiger partial charge on any atom is -0.496 e. The molecule has 0 heterocycles. The molecule has 0 fully saturated rings. The molecule has 0 aliphatic carbocycles. The number of hydrazone groups is 1. The van der Waals surface area contributed by atoms with Crippen LogP contribution >= 0.6 is 0 Å². The molecule has 2 amide bonds. The van der Waals surface area contributed by atoms with Crippen molar-refractivity contribution in [3.8, 4) is 5.75 Å². The van der Waals surface area contributed by atoms with Gasteiger partial charge in [-0.3, -0.25) is 9.59 Å². The number of ether oxygens (including phenoxy) is 1. The first-order chi connectivity index (χ1) is 11.5. The summed E-state index contributed by atoms with van der Waals surface area (Å²) in [5.41, 5.74) is 5.45. The monoisotopic (exact) mass is 325 g/mol. The van der Waals surface area contributed by atoms with E-state index in [1.54, 1.807) is 31.4 Å². The number of carbonyl (C=O) groups excluding carboxylic acids is 2. The minimum absolute atomic E-state index is 0.571. The molecule has 0 bridgehead atoms. The van der Waals surface area contributed by atoms with Crippen molar-refractivity contribution in [2.75, 3.05) is 12.4 Å². The van der Waals surface area contributed by atoms with E-state index in [4.69, 9.17) is 4.74 Å². The van der Waals surface area contributed by atoms with Gasteiger partial charge >= 0.3 is 11.8 Å². The highest BCUT2D eigenvalue weighted by Gasteiger charge is 2.13. The summed E-state index contributed by atoms with van der Waals surface area (Å²) in [5.74, 6) is -1.01. The van der Waals surface area contributed by atoms with Gasteiger partial charge in [0, 0.05) is 11.3 Å². The molecule has 0 aliphatic rings. The predicted molar refractivity (Wildman–Crippen MR) is 93.3 cm³/mol. The van der Waals surface area contributed by atoms with Crippen molar-refractivity contribution in [1.29, 1.82) is 0 Å². The summed E-state index contributed by atoms with van der Waals surface area (Å²) in [7, 11) is 1.54. The maximum atomic E-state index is 11.9. The molecule has 0 saturated heterocycles. The second-order valence-electron chi connectivity index (χ2n) is 5.27. The molecule has 2 aromatic carbocycles. The summed E-state index contributed by atoms with van der Waals surface area (Å²) in [6.07, 6.45) is 1.42. The van der Waals surface area contributed by atoms with Gasteiger partial charge in [-0.05, 0) is 49.2 Å². The van der Waals surface area contributed by atoms with E-state index in [-0.39, 0.29) is 0 Å². The van der Waals surface area contributed by atoms with Crippen LogP contribution < -0.4 is 15.5 Å². The number of carbonyl (C=O) groups is 2. The lowest BCUT2D eigenvalue weighted by Crippen LogP contribution is -2.32. The van der Waals surface area contributed by atoms with Crippen LogP contribution in [0.5, 0.6) is 5.75 Å². The van der Waals surface area contributed by atoms with Gasteiger partial charge in [0.15, 0.2) is 0 Å². The number of benzene rings is 2. The molecular weight excluding hydrogens is 306 g/mol. The molecule has 24 heavy (non-hydrogen) atoms. The number of methoxy groups -OCH3 is 1. The van der Waals surface area contributed by atoms with Crippen LogP contribution in [0, 0.1) is 13.8 Å². The molecule has 0 radical (unpaired) electrons. The molecule has 0 saturated carbocycles. The average Bonchev–Trinajstić information content (AvgIpc) is 2.54. The first kappa shape index (κ1) is 17.2. The topological polar surface area (TPSA) is 79.8 Å². The molecule has 2 N–H and O–H groups in total. The zero-order chi connectivity index (χ0) is 17.5. The van der Waals surface area contributed by atoms with Gasteiger partial charge in [0.25, 0.3) is 0 Å². The van der Waals surface area contributed by atoms with Crippen LogP contribution in [0.4, 0.5) is 5.69 Å². The lowest BCUT2D eigenvalue weighted by molar-refractivity contribution is -0.136. The SMILES string of the molecule is COc1ccccc1/C=N\NC(=O)C(=O)Nc1cc(C)cc(C)c1. The first-order valence-electron chi connectivity index (χ1n) is 7.35. The molecule has 0 atom stereocenters. The number of rotatable bonds is 4. The molecule has 6 nitrogen and oxygen atoms in total. The van der Waals surface area contributed by atoms with E-state index >= 15 is 0 Å². The van der Waals surface area contributed by atoms with Crippen LogP contribution in [-0.4, -0.2) is 25.1 Å². The fraction of sp³-hybridized carbons (Fsp3) is 0.167. The van der Waals surface area contributed by atoms with E-state index in [1.165, 1.54) is 6.21 Å². The highest BCUT2D eigenvalue weighted by Crippen LogP contribution is 2.15. The van der Waals surface area contributed by atoms with Crippen LogP contribution in [-0.2, 0) is 9.59 Å². The van der Waals surface area contributed by atoms with Gasteiger partial charge < -0.3 is 10.1 Å². The standard InChI is InChI=1S/C18H19N3O3/c1-12-8-13(2)10-15(9-12)20-17(22)18(23)21-19-11-14-6-4-5-7-16(14)24-3/h4-11H,1-3H3,(H,20,22)(H,21,23)/b19-11-. The number of aryl methyl sites for hydroxylation is 2.